The predicted molar refractivity (Wildman–Crippen MR) is 214 cm³/mol. The van der Waals surface area contributed by atoms with E-state index < -0.39 is 0 Å². The first-order chi connectivity index (χ1) is 24.6. The van der Waals surface area contributed by atoms with Crippen LogP contribution in [0.25, 0.3) is 55.3 Å². The lowest BCUT2D eigenvalue weighted by molar-refractivity contribution is 1.16. The van der Waals surface area contributed by atoms with Gasteiger partial charge in [-0.05, 0) is 102 Å². The van der Waals surface area contributed by atoms with Crippen LogP contribution in [0.5, 0.6) is 0 Å². The summed E-state index contributed by atoms with van der Waals surface area (Å²) in [5.41, 5.74) is 14.2. The number of para-hydroxylation sites is 2. The second-order valence-corrected chi connectivity index (χ2v) is 12.7. The van der Waals surface area contributed by atoms with Crippen LogP contribution in [0, 0.1) is 0 Å². The molecule has 0 atom stereocenters. The highest BCUT2D eigenvalue weighted by atomic mass is 15.1. The van der Waals surface area contributed by atoms with E-state index in [9.17, 15) is 0 Å². The van der Waals surface area contributed by atoms with Crippen molar-refractivity contribution < 1.29 is 0 Å². The Bertz CT molecular complexity index is 2310. The van der Waals surface area contributed by atoms with Crippen LogP contribution in [0.1, 0.15) is 19.4 Å². The van der Waals surface area contributed by atoms with Gasteiger partial charge < -0.3 is 9.47 Å². The zero-order valence-corrected chi connectivity index (χ0v) is 28.4. The first-order valence-electron chi connectivity index (χ1n) is 17.2. The molecule has 7 aromatic carbocycles. The number of aromatic nitrogens is 1. The van der Waals surface area contributed by atoms with Crippen LogP contribution >= 0.6 is 0 Å². The average molecular weight is 643 g/mol. The van der Waals surface area contributed by atoms with E-state index in [0.717, 1.165) is 22.8 Å². The van der Waals surface area contributed by atoms with Crippen LogP contribution in [0.3, 0.4) is 0 Å². The highest BCUT2D eigenvalue weighted by Crippen LogP contribution is 2.35. The third-order valence-electron chi connectivity index (χ3n) is 9.55. The summed E-state index contributed by atoms with van der Waals surface area (Å²) in [7, 11) is 0. The van der Waals surface area contributed by atoms with Gasteiger partial charge in [-0.3, -0.25) is 0 Å². The highest BCUT2D eigenvalue weighted by molar-refractivity contribution is 6.09. The van der Waals surface area contributed by atoms with Crippen LogP contribution in [0.15, 0.2) is 200 Å². The topological polar surface area (TPSA) is 8.17 Å². The van der Waals surface area contributed by atoms with Crippen molar-refractivity contribution in [3.05, 3.63) is 205 Å². The van der Waals surface area contributed by atoms with Crippen LogP contribution in [-0.4, -0.2) is 4.57 Å². The fraction of sp³-hybridized carbons (Fsp3) is 0.0417. The van der Waals surface area contributed by atoms with Crippen molar-refractivity contribution in [1.29, 1.82) is 0 Å². The van der Waals surface area contributed by atoms with E-state index in [4.69, 9.17) is 0 Å². The fourth-order valence-electron chi connectivity index (χ4n) is 6.91. The molecule has 0 radical (unpaired) electrons. The maximum absolute atomic E-state index is 2.36. The standard InChI is InChI=1S/C48H38N2/c1-35(37-23-29-44(30-24-37)50-47-19-11-9-17-45(47)46-18-10-12-20-48(46)50)21-22-36(2)49(42-31-25-40(26-32-42)38-13-5-3-6-14-38)43-33-27-41(28-34-43)39-15-7-4-8-16-39/h3-34H,1-2H3/b35-21+,36-22+. The third kappa shape index (κ3) is 6.04. The minimum atomic E-state index is 1.12. The SMILES string of the molecule is C/C(=C\C=C(/C)N(c1ccc(-c2ccccc2)cc1)c1ccc(-c2ccccc2)cc1)c1ccc(-n2c3ccccc3c3ccccc32)cc1. The van der Waals surface area contributed by atoms with Crippen molar-refractivity contribution in [2.75, 3.05) is 4.90 Å². The number of hydrogen-bond acceptors (Lipinski definition) is 1. The molecule has 0 amide bonds. The normalized spacial score (nSPS) is 12.0. The average Bonchev–Trinajstić information content (AvgIpc) is 3.53. The molecule has 0 aliphatic rings. The molecule has 240 valence electrons. The summed E-state index contributed by atoms with van der Waals surface area (Å²) >= 11 is 0. The van der Waals surface area contributed by atoms with Crippen molar-refractivity contribution in [3.8, 4) is 27.9 Å². The minimum Gasteiger partial charge on any atom is -0.315 e. The first kappa shape index (κ1) is 30.9. The number of fused-ring (bicyclic) bond motifs is 3. The maximum atomic E-state index is 2.36. The van der Waals surface area contributed by atoms with E-state index >= 15 is 0 Å². The Hall–Kier alpha value is -6.38. The van der Waals surface area contributed by atoms with Crippen molar-refractivity contribution in [3.63, 3.8) is 0 Å². The van der Waals surface area contributed by atoms with Gasteiger partial charge in [-0.1, -0.05) is 140 Å². The lowest BCUT2D eigenvalue weighted by Crippen LogP contribution is -2.14. The molecule has 0 aliphatic heterocycles. The number of rotatable bonds is 8. The van der Waals surface area contributed by atoms with Gasteiger partial charge in [-0.15, -0.1) is 0 Å². The van der Waals surface area contributed by atoms with Gasteiger partial charge in [0.2, 0.25) is 0 Å². The quantitative estimate of drug-likeness (QED) is 0.150. The molecule has 1 aromatic heterocycles. The van der Waals surface area contributed by atoms with E-state index in [0.29, 0.717) is 0 Å². The minimum absolute atomic E-state index is 1.12. The lowest BCUT2D eigenvalue weighted by atomic mass is 10.0. The second-order valence-electron chi connectivity index (χ2n) is 12.7. The van der Waals surface area contributed by atoms with E-state index in [1.54, 1.807) is 0 Å². The van der Waals surface area contributed by atoms with Crippen LogP contribution < -0.4 is 4.90 Å². The number of hydrogen-bond donors (Lipinski definition) is 0. The Morgan fingerprint density at radius 3 is 1.32 bits per heavy atom. The smallest absolute Gasteiger partial charge is 0.0541 e. The monoisotopic (exact) mass is 642 g/mol. The van der Waals surface area contributed by atoms with Crippen molar-refractivity contribution >= 4 is 38.8 Å². The molecule has 8 rings (SSSR count). The van der Waals surface area contributed by atoms with Gasteiger partial charge in [-0.2, -0.15) is 0 Å². The van der Waals surface area contributed by atoms with E-state index in [1.807, 2.05) is 0 Å². The predicted octanol–water partition coefficient (Wildman–Crippen LogP) is 13.3. The summed E-state index contributed by atoms with van der Waals surface area (Å²) in [6.45, 7) is 4.37. The van der Waals surface area contributed by atoms with Crippen LogP contribution in [-0.2, 0) is 0 Å². The molecule has 0 fully saturated rings. The molecule has 0 aliphatic carbocycles. The molecule has 0 saturated heterocycles. The van der Waals surface area contributed by atoms with E-state index in [1.165, 1.54) is 55.2 Å². The van der Waals surface area contributed by atoms with Gasteiger partial charge in [0.15, 0.2) is 0 Å². The Morgan fingerprint density at radius 2 is 0.840 bits per heavy atom. The molecule has 0 saturated carbocycles. The third-order valence-corrected chi connectivity index (χ3v) is 9.55. The van der Waals surface area contributed by atoms with Gasteiger partial charge in [0.1, 0.15) is 0 Å². The Kier molecular flexibility index (Phi) is 8.42. The van der Waals surface area contributed by atoms with Gasteiger partial charge >= 0.3 is 0 Å². The summed E-state index contributed by atoms with van der Waals surface area (Å²) in [4.78, 5) is 2.33. The van der Waals surface area contributed by atoms with Gasteiger partial charge in [-0.25, -0.2) is 0 Å². The molecule has 0 unspecified atom stereocenters. The summed E-state index contributed by atoms with van der Waals surface area (Å²) in [5.74, 6) is 0. The Morgan fingerprint density at radius 1 is 0.420 bits per heavy atom. The molecule has 2 nitrogen and oxygen atoms in total. The van der Waals surface area contributed by atoms with E-state index in [-0.39, 0.29) is 0 Å². The molecule has 50 heavy (non-hydrogen) atoms. The summed E-state index contributed by atoms with van der Waals surface area (Å²) in [6.07, 6.45) is 4.46. The van der Waals surface area contributed by atoms with Gasteiger partial charge in [0.25, 0.3) is 0 Å². The molecule has 0 bridgehead atoms. The number of allylic oxidation sites excluding steroid dienone is 4. The molecule has 0 spiro atoms. The zero-order valence-electron chi connectivity index (χ0n) is 28.4. The molecule has 8 aromatic rings. The maximum Gasteiger partial charge on any atom is 0.0541 e. The van der Waals surface area contributed by atoms with Crippen LogP contribution in [0.4, 0.5) is 11.4 Å². The largest absolute Gasteiger partial charge is 0.315 e. The first-order valence-corrected chi connectivity index (χ1v) is 17.2. The summed E-state index contributed by atoms with van der Waals surface area (Å²) in [5, 5.41) is 2.55. The molecule has 0 N–H and O–H groups in total. The molecular formula is C48H38N2. The summed E-state index contributed by atoms with van der Waals surface area (Å²) in [6, 6.07) is 65.0. The van der Waals surface area contributed by atoms with Crippen LogP contribution in [0.2, 0.25) is 0 Å². The Labute approximate surface area is 294 Å². The Balaban J connectivity index is 1.11. The molecule has 1 heterocycles. The van der Waals surface area contributed by atoms with Crippen molar-refractivity contribution in [2.45, 2.75) is 13.8 Å². The van der Waals surface area contributed by atoms with Gasteiger partial charge in [0.05, 0.1) is 11.0 Å². The van der Waals surface area contributed by atoms with E-state index in [2.05, 4.69) is 217 Å². The zero-order chi connectivity index (χ0) is 33.9. The van der Waals surface area contributed by atoms with Gasteiger partial charge in [0, 0.05) is 33.5 Å². The number of benzene rings is 7. The summed E-state index contributed by atoms with van der Waals surface area (Å²) < 4.78 is 2.36. The molecular weight excluding hydrogens is 605 g/mol. The lowest BCUT2D eigenvalue weighted by Gasteiger charge is -2.26. The fourth-order valence-corrected chi connectivity index (χ4v) is 6.91. The highest BCUT2D eigenvalue weighted by Gasteiger charge is 2.14. The second kappa shape index (κ2) is 13.6. The molecule has 2 heteroatoms. The number of nitrogens with zero attached hydrogens (tertiary/aromatic N) is 2. The van der Waals surface area contributed by atoms with Crippen molar-refractivity contribution in [1.82, 2.24) is 4.57 Å². The number of anilines is 2. The van der Waals surface area contributed by atoms with Crippen molar-refractivity contribution in [2.24, 2.45) is 0 Å².